The van der Waals surface area contributed by atoms with Crippen molar-refractivity contribution < 1.29 is 37.3 Å². The highest BCUT2D eigenvalue weighted by Gasteiger charge is 2.25. The molecular formula is C44H87NO7P+. The number of carbonyl (C=O) groups is 1. The van der Waals surface area contributed by atoms with Gasteiger partial charge in [-0.05, 0) is 51.0 Å². The molecule has 0 spiro atoms. The van der Waals surface area contributed by atoms with Crippen LogP contribution in [0.1, 0.15) is 200 Å². The van der Waals surface area contributed by atoms with Gasteiger partial charge >= 0.3 is 13.8 Å². The average molecular weight is 773 g/mol. The maximum Gasteiger partial charge on any atom is 0.472 e. The number of likely N-dealkylation sites (N-methyl/N-ethyl adjacent to an activating group) is 1. The van der Waals surface area contributed by atoms with Gasteiger partial charge in [0.2, 0.25) is 0 Å². The molecule has 0 aromatic heterocycles. The smallest absolute Gasteiger partial charge is 0.472 e. The van der Waals surface area contributed by atoms with Crippen molar-refractivity contribution in [2.45, 2.75) is 206 Å². The molecule has 1 N–H and O–H groups in total. The quantitative estimate of drug-likeness (QED) is 0.0165. The molecule has 0 saturated heterocycles. The van der Waals surface area contributed by atoms with E-state index in [1.165, 1.54) is 135 Å². The van der Waals surface area contributed by atoms with Crippen LogP contribution in [0.15, 0.2) is 24.5 Å². The number of rotatable bonds is 41. The van der Waals surface area contributed by atoms with Crippen LogP contribution in [0.3, 0.4) is 0 Å². The second-order valence-corrected chi connectivity index (χ2v) is 17.6. The van der Waals surface area contributed by atoms with Crippen molar-refractivity contribution in [3.63, 3.8) is 0 Å². The van der Waals surface area contributed by atoms with E-state index in [0.29, 0.717) is 17.4 Å². The number of carbonyl (C=O) groups excluding carboxylic acids is 1. The molecule has 0 radical (unpaired) electrons. The molecule has 0 amide bonds. The maximum absolute atomic E-state index is 12.5. The molecule has 0 rings (SSSR count). The predicted octanol–water partition coefficient (Wildman–Crippen LogP) is 13.2. The zero-order valence-electron chi connectivity index (χ0n) is 35.5. The molecule has 314 valence electrons. The van der Waals surface area contributed by atoms with E-state index in [1.54, 1.807) is 6.26 Å². The van der Waals surface area contributed by atoms with Crippen LogP contribution < -0.4 is 0 Å². The Morgan fingerprint density at radius 2 is 1.00 bits per heavy atom. The Morgan fingerprint density at radius 1 is 0.585 bits per heavy atom. The molecule has 53 heavy (non-hydrogen) atoms. The molecular weight excluding hydrogens is 685 g/mol. The largest absolute Gasteiger partial charge is 0.492 e. The van der Waals surface area contributed by atoms with E-state index >= 15 is 0 Å². The molecule has 2 atom stereocenters. The average Bonchev–Trinajstić information content (AvgIpc) is 3.11. The van der Waals surface area contributed by atoms with Gasteiger partial charge in [-0.15, -0.1) is 0 Å². The minimum Gasteiger partial charge on any atom is -0.492 e. The summed E-state index contributed by atoms with van der Waals surface area (Å²) >= 11 is 0. The van der Waals surface area contributed by atoms with E-state index in [-0.39, 0.29) is 25.8 Å². The van der Waals surface area contributed by atoms with Crippen molar-refractivity contribution in [1.29, 1.82) is 0 Å². The van der Waals surface area contributed by atoms with Gasteiger partial charge in [0.25, 0.3) is 0 Å². The van der Waals surface area contributed by atoms with Crippen LogP contribution in [0.5, 0.6) is 0 Å². The van der Waals surface area contributed by atoms with Crippen LogP contribution in [0.4, 0.5) is 0 Å². The van der Waals surface area contributed by atoms with Gasteiger partial charge in [-0.3, -0.25) is 13.8 Å². The monoisotopic (exact) mass is 773 g/mol. The minimum atomic E-state index is -4.26. The van der Waals surface area contributed by atoms with Gasteiger partial charge < -0.3 is 18.9 Å². The number of phosphoric acid groups is 1. The van der Waals surface area contributed by atoms with Crippen molar-refractivity contribution >= 4 is 13.8 Å². The summed E-state index contributed by atoms with van der Waals surface area (Å²) in [6.07, 6.45) is 43.1. The number of hydrogen-bond acceptors (Lipinski definition) is 6. The van der Waals surface area contributed by atoms with Gasteiger partial charge in [0.1, 0.15) is 19.8 Å². The Bertz CT molecular complexity index is 905. The van der Waals surface area contributed by atoms with Crippen LogP contribution in [0.2, 0.25) is 0 Å². The van der Waals surface area contributed by atoms with Crippen molar-refractivity contribution in [3.8, 4) is 0 Å². The summed E-state index contributed by atoms with van der Waals surface area (Å²) in [5, 5.41) is 0. The van der Waals surface area contributed by atoms with Gasteiger partial charge in [0.05, 0.1) is 34.0 Å². The summed E-state index contributed by atoms with van der Waals surface area (Å²) in [4.78, 5) is 22.7. The number of allylic oxidation sites excluding steroid dienone is 3. The first kappa shape index (κ1) is 51.8. The Morgan fingerprint density at radius 3 is 1.45 bits per heavy atom. The predicted molar refractivity (Wildman–Crippen MR) is 224 cm³/mol. The van der Waals surface area contributed by atoms with Crippen molar-refractivity contribution in [3.05, 3.63) is 24.5 Å². The fourth-order valence-corrected chi connectivity index (χ4v) is 6.80. The summed E-state index contributed by atoms with van der Waals surface area (Å²) in [7, 11) is 1.67. The normalized spacial score (nSPS) is 13.9. The van der Waals surface area contributed by atoms with E-state index in [2.05, 4.69) is 26.0 Å². The van der Waals surface area contributed by atoms with Crippen molar-refractivity contribution in [1.82, 2.24) is 0 Å². The molecule has 2 unspecified atom stereocenters. The summed E-state index contributed by atoms with van der Waals surface area (Å²) < 4.78 is 34.8. The standard InChI is InChI=1S/C44H86NO7P/c1-6-8-10-12-14-16-18-20-22-24-26-28-30-32-34-36-39-49-43(42-52-53(47,48)51-40-38-45(3,4)5)41-50-44(46)37-35-33-31-29-27-25-23-21-19-17-15-13-11-9-7-2/h20,22,36,39,43H,6-19,21,23-35,37-38,40-42H2,1-5H3/p+1/b22-20-,39-36-. The van der Waals surface area contributed by atoms with E-state index < -0.39 is 13.9 Å². The highest BCUT2D eigenvalue weighted by Crippen LogP contribution is 2.43. The van der Waals surface area contributed by atoms with Crippen LogP contribution in [0, 0.1) is 0 Å². The number of nitrogens with zero attached hydrogens (tertiary/aromatic N) is 1. The SMILES string of the molecule is CCCCCCCC/C=C\CCCCCC/C=C\OC(COC(=O)CCCCCCCCCCCCCCCCC)COP(=O)(O)OCC[N+](C)(C)C. The first-order chi connectivity index (χ1) is 25.6. The molecule has 8 nitrogen and oxygen atoms in total. The molecule has 0 bridgehead atoms. The van der Waals surface area contributed by atoms with E-state index in [9.17, 15) is 14.3 Å². The molecule has 9 heteroatoms. The molecule has 0 saturated carbocycles. The topological polar surface area (TPSA) is 91.3 Å². The third kappa shape index (κ3) is 41.8. The lowest BCUT2D eigenvalue weighted by Gasteiger charge is -2.24. The van der Waals surface area contributed by atoms with Gasteiger partial charge in [0.15, 0.2) is 6.10 Å². The van der Waals surface area contributed by atoms with Gasteiger partial charge in [0, 0.05) is 6.42 Å². The second kappa shape index (κ2) is 37.7. The molecule has 0 fully saturated rings. The number of phosphoric ester groups is 1. The Hall–Kier alpha value is -1.18. The first-order valence-corrected chi connectivity index (χ1v) is 23.6. The van der Waals surface area contributed by atoms with Crippen molar-refractivity contribution in [2.75, 3.05) is 47.5 Å². The molecule has 0 heterocycles. The van der Waals surface area contributed by atoms with E-state index in [4.69, 9.17) is 18.5 Å². The number of unbranched alkanes of at least 4 members (excludes halogenated alkanes) is 25. The molecule has 0 aliphatic heterocycles. The minimum absolute atomic E-state index is 0.0484. The maximum atomic E-state index is 12.5. The second-order valence-electron chi connectivity index (χ2n) is 16.1. The summed E-state index contributed by atoms with van der Waals surface area (Å²) in [6.45, 7) is 4.91. The summed E-state index contributed by atoms with van der Waals surface area (Å²) in [6, 6.07) is 0. The number of quaternary nitrogens is 1. The van der Waals surface area contributed by atoms with Gasteiger partial charge in [-0.2, -0.15) is 0 Å². The van der Waals surface area contributed by atoms with Crippen LogP contribution in [-0.4, -0.2) is 69.0 Å². The zero-order chi connectivity index (χ0) is 39.1. The lowest BCUT2D eigenvalue weighted by molar-refractivity contribution is -0.870. The summed E-state index contributed by atoms with van der Waals surface area (Å²) in [5.41, 5.74) is 0. The van der Waals surface area contributed by atoms with E-state index in [1.807, 2.05) is 27.2 Å². The number of hydrogen-bond donors (Lipinski definition) is 1. The number of esters is 1. The third-order valence-corrected chi connectivity index (χ3v) is 10.6. The lowest BCUT2D eigenvalue weighted by Crippen LogP contribution is -2.37. The fraction of sp³-hybridized carbons (Fsp3) is 0.886. The van der Waals surface area contributed by atoms with Gasteiger partial charge in [-0.1, -0.05) is 161 Å². The van der Waals surface area contributed by atoms with Crippen LogP contribution in [0.25, 0.3) is 0 Å². The van der Waals surface area contributed by atoms with E-state index in [0.717, 1.165) is 44.9 Å². The highest BCUT2D eigenvalue weighted by molar-refractivity contribution is 7.47. The Labute approximate surface area is 328 Å². The fourth-order valence-electron chi connectivity index (χ4n) is 6.06. The zero-order valence-corrected chi connectivity index (χ0v) is 36.4. The Balaban J connectivity index is 4.28. The van der Waals surface area contributed by atoms with Crippen molar-refractivity contribution in [2.24, 2.45) is 0 Å². The van der Waals surface area contributed by atoms with Crippen LogP contribution >= 0.6 is 7.82 Å². The Kier molecular flexibility index (Phi) is 36.9. The molecule has 0 aromatic carbocycles. The molecule has 0 aliphatic rings. The highest BCUT2D eigenvalue weighted by atomic mass is 31.2. The molecule has 0 aromatic rings. The first-order valence-electron chi connectivity index (χ1n) is 22.1. The molecule has 0 aliphatic carbocycles. The third-order valence-electron chi connectivity index (χ3n) is 9.60. The van der Waals surface area contributed by atoms with Crippen LogP contribution in [-0.2, 0) is 27.9 Å². The summed E-state index contributed by atoms with van der Waals surface area (Å²) in [5.74, 6) is -0.277. The van der Waals surface area contributed by atoms with Gasteiger partial charge in [-0.25, -0.2) is 4.57 Å². The number of ether oxygens (including phenoxy) is 2. The lowest BCUT2D eigenvalue weighted by atomic mass is 10.0.